The summed E-state index contributed by atoms with van der Waals surface area (Å²) in [4.78, 5) is 2.30. The van der Waals surface area contributed by atoms with E-state index in [0.717, 1.165) is 13.0 Å². The molecule has 3 rings (SSSR count). The molecule has 35 heavy (non-hydrogen) atoms. The minimum atomic E-state index is -0.704. The van der Waals surface area contributed by atoms with E-state index in [1.165, 1.54) is 70.6 Å². The van der Waals surface area contributed by atoms with Gasteiger partial charge < -0.3 is 28.8 Å². The zero-order chi connectivity index (χ0) is 25.3. The van der Waals surface area contributed by atoms with E-state index in [1.54, 1.807) is 0 Å². The lowest BCUT2D eigenvalue weighted by atomic mass is 9.98. The predicted octanol–water partition coefficient (Wildman–Crippen LogP) is 5.38. The second-order valence-corrected chi connectivity index (χ2v) is 11.6. The number of rotatable bonds is 17. The van der Waals surface area contributed by atoms with Crippen molar-refractivity contribution in [3.05, 3.63) is 0 Å². The topological polar surface area (TPSA) is 69.6 Å². The lowest BCUT2D eigenvalue weighted by molar-refractivity contribution is -0.236. The Bertz CT molecular complexity index is 600. The normalized spacial score (nSPS) is 31.1. The minimum absolute atomic E-state index is 0.140. The molecule has 206 valence electrons. The summed E-state index contributed by atoms with van der Waals surface area (Å²) in [5.74, 6) is -1.38. The summed E-state index contributed by atoms with van der Waals surface area (Å²) in [7, 11) is 0. The summed E-state index contributed by atoms with van der Waals surface area (Å²) in [5.41, 5.74) is 0. The van der Waals surface area contributed by atoms with Crippen molar-refractivity contribution in [2.45, 2.75) is 154 Å². The second-order valence-electron chi connectivity index (χ2n) is 11.6. The van der Waals surface area contributed by atoms with Crippen LogP contribution in [0.25, 0.3) is 0 Å². The molecule has 0 aliphatic carbocycles. The Kier molecular flexibility index (Phi) is 11.7. The molecule has 0 aromatic carbocycles. The molecule has 0 aromatic rings. The monoisotopic (exact) mass is 499 g/mol. The van der Waals surface area contributed by atoms with Crippen LogP contribution in [0.2, 0.25) is 0 Å². The van der Waals surface area contributed by atoms with Crippen molar-refractivity contribution in [2.75, 3.05) is 26.2 Å². The highest BCUT2D eigenvalue weighted by Crippen LogP contribution is 2.44. The summed E-state index contributed by atoms with van der Waals surface area (Å²) in [6.45, 7) is 12.4. The Morgan fingerprint density at radius 3 is 1.74 bits per heavy atom. The fourth-order valence-electron chi connectivity index (χ4n) is 5.71. The van der Waals surface area contributed by atoms with E-state index >= 15 is 0 Å². The highest BCUT2D eigenvalue weighted by Gasteiger charge is 2.60. The van der Waals surface area contributed by atoms with Gasteiger partial charge in [-0.05, 0) is 40.7 Å². The Morgan fingerprint density at radius 1 is 0.629 bits per heavy atom. The molecule has 0 spiro atoms. The van der Waals surface area contributed by atoms with Gasteiger partial charge in [0.05, 0.1) is 6.61 Å². The van der Waals surface area contributed by atoms with E-state index in [2.05, 4.69) is 11.8 Å². The molecule has 7 nitrogen and oxygen atoms in total. The molecule has 3 aliphatic heterocycles. The first kappa shape index (κ1) is 29.3. The van der Waals surface area contributed by atoms with Crippen molar-refractivity contribution in [1.29, 1.82) is 0 Å². The average molecular weight is 500 g/mol. The molecule has 3 saturated heterocycles. The molecular weight excluding hydrogens is 446 g/mol. The van der Waals surface area contributed by atoms with Crippen molar-refractivity contribution in [2.24, 2.45) is 0 Å². The number of hydrogen-bond donors (Lipinski definition) is 1. The van der Waals surface area contributed by atoms with Gasteiger partial charge >= 0.3 is 0 Å². The molecule has 0 radical (unpaired) electrons. The van der Waals surface area contributed by atoms with Crippen molar-refractivity contribution >= 4 is 0 Å². The largest absolute Gasteiger partial charge is 0.395 e. The van der Waals surface area contributed by atoms with Crippen LogP contribution in [0.15, 0.2) is 0 Å². The molecule has 5 atom stereocenters. The molecule has 0 amide bonds. The maximum absolute atomic E-state index is 9.66. The van der Waals surface area contributed by atoms with E-state index < -0.39 is 17.9 Å². The van der Waals surface area contributed by atoms with Gasteiger partial charge in [0.1, 0.15) is 24.4 Å². The Labute approximate surface area is 214 Å². The van der Waals surface area contributed by atoms with E-state index in [4.69, 9.17) is 23.7 Å². The number of aliphatic hydroxyl groups is 1. The van der Waals surface area contributed by atoms with Crippen LogP contribution >= 0.6 is 0 Å². The Hall–Kier alpha value is -0.280. The summed E-state index contributed by atoms with van der Waals surface area (Å²) >= 11 is 0. The Morgan fingerprint density at radius 2 is 1.14 bits per heavy atom. The molecule has 3 heterocycles. The summed E-state index contributed by atoms with van der Waals surface area (Å²) in [5, 5.41) is 9.66. The SMILES string of the molecule is CCCCCCCCCCCCCCN(CCO)C[C@@H]1O[C@@H]2OC(C)(C)O[C@@H]2[C@H]2OC(C)(C)O[C@H]21. The van der Waals surface area contributed by atoms with Gasteiger partial charge in [-0.15, -0.1) is 0 Å². The predicted molar refractivity (Wildman–Crippen MR) is 137 cm³/mol. The van der Waals surface area contributed by atoms with Crippen LogP contribution < -0.4 is 0 Å². The van der Waals surface area contributed by atoms with Crippen LogP contribution in [0.1, 0.15) is 112 Å². The third-order valence-corrected chi connectivity index (χ3v) is 7.43. The van der Waals surface area contributed by atoms with Crippen LogP contribution in [-0.4, -0.2) is 78.5 Å². The fraction of sp³-hybridized carbons (Fsp3) is 1.00. The van der Waals surface area contributed by atoms with Crippen LogP contribution in [0.4, 0.5) is 0 Å². The van der Waals surface area contributed by atoms with Gasteiger partial charge in [0.2, 0.25) is 0 Å². The Balaban J connectivity index is 1.38. The standard InChI is InChI=1S/C28H53NO6/c1-6-7-8-9-10-11-12-13-14-15-16-17-18-29(19-20-30)21-22-23-24(33-27(2,3)32-23)25-26(31-22)35-28(4,5)34-25/h22-26,30H,6-21H2,1-5H3/t22-,23-,24-,25+,26+/m0/s1. The van der Waals surface area contributed by atoms with Gasteiger partial charge in [-0.25, -0.2) is 0 Å². The van der Waals surface area contributed by atoms with Gasteiger partial charge in [-0.1, -0.05) is 77.6 Å². The zero-order valence-corrected chi connectivity index (χ0v) is 23.1. The summed E-state index contributed by atoms with van der Waals surface area (Å²) in [6, 6.07) is 0. The smallest absolute Gasteiger partial charge is 0.190 e. The molecule has 3 aliphatic rings. The number of ether oxygens (including phenoxy) is 5. The van der Waals surface area contributed by atoms with Crippen LogP contribution in [-0.2, 0) is 23.7 Å². The molecule has 7 heteroatoms. The van der Waals surface area contributed by atoms with Crippen molar-refractivity contribution < 1.29 is 28.8 Å². The minimum Gasteiger partial charge on any atom is -0.395 e. The first-order valence-corrected chi connectivity index (χ1v) is 14.4. The van der Waals surface area contributed by atoms with E-state index in [1.807, 2.05) is 27.7 Å². The van der Waals surface area contributed by atoms with E-state index in [9.17, 15) is 5.11 Å². The zero-order valence-electron chi connectivity index (χ0n) is 23.1. The third kappa shape index (κ3) is 9.20. The van der Waals surface area contributed by atoms with Gasteiger partial charge in [-0.3, -0.25) is 4.90 Å². The molecule has 3 fully saturated rings. The van der Waals surface area contributed by atoms with Gasteiger partial charge in [0, 0.05) is 13.1 Å². The lowest BCUT2D eigenvalue weighted by Crippen LogP contribution is -2.58. The molecular formula is C28H53NO6. The molecule has 0 bridgehead atoms. The number of hydrogen-bond acceptors (Lipinski definition) is 7. The quantitative estimate of drug-likeness (QED) is 0.270. The molecule has 0 unspecified atom stereocenters. The van der Waals surface area contributed by atoms with Crippen molar-refractivity contribution in [1.82, 2.24) is 4.90 Å². The highest BCUT2D eigenvalue weighted by molar-refractivity contribution is 5.00. The number of fused-ring (bicyclic) bond motifs is 3. The fourth-order valence-corrected chi connectivity index (χ4v) is 5.71. The second kappa shape index (κ2) is 14.0. The summed E-state index contributed by atoms with van der Waals surface area (Å²) in [6.07, 6.45) is 14.7. The molecule has 0 saturated carbocycles. The lowest BCUT2D eigenvalue weighted by Gasteiger charge is -2.39. The highest BCUT2D eigenvalue weighted by atomic mass is 16.9. The number of nitrogens with zero attached hydrogens (tertiary/aromatic N) is 1. The maximum Gasteiger partial charge on any atom is 0.190 e. The van der Waals surface area contributed by atoms with Crippen molar-refractivity contribution in [3.8, 4) is 0 Å². The maximum atomic E-state index is 9.66. The van der Waals surface area contributed by atoms with E-state index in [0.29, 0.717) is 13.1 Å². The summed E-state index contributed by atoms with van der Waals surface area (Å²) < 4.78 is 31.0. The van der Waals surface area contributed by atoms with Gasteiger partial charge in [0.15, 0.2) is 17.9 Å². The first-order valence-electron chi connectivity index (χ1n) is 14.4. The van der Waals surface area contributed by atoms with E-state index in [-0.39, 0.29) is 31.0 Å². The number of aliphatic hydroxyl groups excluding tert-OH is 1. The van der Waals surface area contributed by atoms with Gasteiger partial charge in [0.25, 0.3) is 0 Å². The number of unbranched alkanes of at least 4 members (excludes halogenated alkanes) is 11. The van der Waals surface area contributed by atoms with Crippen LogP contribution in [0.5, 0.6) is 0 Å². The molecule has 1 N–H and O–H groups in total. The molecule has 0 aromatic heterocycles. The third-order valence-electron chi connectivity index (χ3n) is 7.43. The van der Waals surface area contributed by atoms with Gasteiger partial charge in [-0.2, -0.15) is 0 Å². The first-order chi connectivity index (χ1) is 16.7. The van der Waals surface area contributed by atoms with Crippen molar-refractivity contribution in [3.63, 3.8) is 0 Å². The average Bonchev–Trinajstić information content (AvgIpc) is 3.28. The van der Waals surface area contributed by atoms with Crippen LogP contribution in [0.3, 0.4) is 0 Å². The van der Waals surface area contributed by atoms with Crippen LogP contribution in [0, 0.1) is 0 Å².